The third kappa shape index (κ3) is 2.86. The molecule has 0 amide bonds. The lowest BCUT2D eigenvalue weighted by Gasteiger charge is -2.38. The van der Waals surface area contributed by atoms with E-state index < -0.39 is 6.17 Å². The van der Waals surface area contributed by atoms with Crippen LogP contribution in [0.4, 0.5) is 10.2 Å². The van der Waals surface area contributed by atoms with Gasteiger partial charge in [0.25, 0.3) is 0 Å². The summed E-state index contributed by atoms with van der Waals surface area (Å²) in [5.74, 6) is 0.775. The molecule has 0 saturated carbocycles. The van der Waals surface area contributed by atoms with Gasteiger partial charge in [0.15, 0.2) is 0 Å². The number of phenols is 1. The number of phenolic OH excluding ortho intramolecular Hbond substituents is 1. The van der Waals surface area contributed by atoms with E-state index in [4.69, 9.17) is 0 Å². The molecule has 0 spiro atoms. The number of fused-ring (bicyclic) bond motifs is 3. The van der Waals surface area contributed by atoms with Crippen molar-refractivity contribution in [1.29, 1.82) is 0 Å². The SMILES string of the molecule is CN(c1cnc(-c2cc3ccncc3cc2O)cn1)[C@H]1C[C@@H]2CC[C@@H](N2)[C@H]1F. The van der Waals surface area contributed by atoms with Crippen LogP contribution in [0, 0.1) is 0 Å². The lowest BCUT2D eigenvalue weighted by atomic mass is 9.96. The molecule has 4 atom stereocenters. The fraction of sp³-hybridized carbons (Fsp3) is 0.381. The number of halogens is 1. The summed E-state index contributed by atoms with van der Waals surface area (Å²) in [5.41, 5.74) is 1.19. The first-order valence-electron chi connectivity index (χ1n) is 9.62. The Kier molecular flexibility index (Phi) is 4.12. The molecule has 28 heavy (non-hydrogen) atoms. The number of rotatable bonds is 3. The van der Waals surface area contributed by atoms with Crippen molar-refractivity contribution in [2.45, 2.75) is 43.6 Å². The zero-order chi connectivity index (χ0) is 19.3. The van der Waals surface area contributed by atoms with Gasteiger partial charge in [-0.15, -0.1) is 0 Å². The van der Waals surface area contributed by atoms with Crippen molar-refractivity contribution >= 4 is 16.6 Å². The minimum Gasteiger partial charge on any atom is -0.507 e. The van der Waals surface area contributed by atoms with Crippen molar-refractivity contribution in [3.05, 3.63) is 43.0 Å². The maximum atomic E-state index is 14.8. The Morgan fingerprint density at radius 1 is 1.14 bits per heavy atom. The number of piperidine rings is 1. The second-order valence-corrected chi connectivity index (χ2v) is 7.76. The Morgan fingerprint density at radius 2 is 2.04 bits per heavy atom. The third-order valence-corrected chi connectivity index (χ3v) is 6.08. The van der Waals surface area contributed by atoms with E-state index in [2.05, 4.69) is 20.3 Å². The molecule has 0 aliphatic carbocycles. The lowest BCUT2D eigenvalue weighted by molar-refractivity contribution is 0.176. The lowest BCUT2D eigenvalue weighted by Crippen LogP contribution is -2.55. The molecule has 2 aromatic heterocycles. The van der Waals surface area contributed by atoms with Crippen LogP contribution in [0.3, 0.4) is 0 Å². The molecule has 7 heteroatoms. The molecule has 1 aromatic carbocycles. The number of nitrogens with zero attached hydrogens (tertiary/aromatic N) is 4. The van der Waals surface area contributed by atoms with Crippen LogP contribution in [-0.4, -0.2) is 51.4 Å². The van der Waals surface area contributed by atoms with Crippen molar-refractivity contribution in [3.63, 3.8) is 0 Å². The quantitative estimate of drug-likeness (QED) is 0.729. The number of nitrogens with one attached hydrogen (secondary N) is 1. The van der Waals surface area contributed by atoms with Gasteiger partial charge in [-0.25, -0.2) is 9.37 Å². The molecule has 0 unspecified atom stereocenters. The Bertz CT molecular complexity index is 1010. The summed E-state index contributed by atoms with van der Waals surface area (Å²) < 4.78 is 14.8. The van der Waals surface area contributed by atoms with Gasteiger partial charge in [0, 0.05) is 42.5 Å². The molecular weight excluding hydrogens is 357 g/mol. The number of pyridine rings is 1. The van der Waals surface area contributed by atoms with E-state index in [1.54, 1.807) is 30.9 Å². The van der Waals surface area contributed by atoms with Crippen LogP contribution in [0.5, 0.6) is 5.75 Å². The normalized spacial score (nSPS) is 26.5. The number of alkyl halides is 1. The molecular formula is C21H22FN5O. The Balaban J connectivity index is 1.42. The summed E-state index contributed by atoms with van der Waals surface area (Å²) in [7, 11) is 1.88. The molecule has 2 aliphatic heterocycles. The monoisotopic (exact) mass is 379 g/mol. The number of aromatic hydroxyl groups is 1. The molecule has 5 rings (SSSR count). The van der Waals surface area contributed by atoms with Gasteiger partial charge in [0.05, 0.1) is 24.1 Å². The number of anilines is 1. The predicted octanol–water partition coefficient (Wildman–Crippen LogP) is 3.06. The van der Waals surface area contributed by atoms with Crippen molar-refractivity contribution in [1.82, 2.24) is 20.3 Å². The second kappa shape index (κ2) is 6.67. The third-order valence-electron chi connectivity index (χ3n) is 6.08. The number of hydrogen-bond acceptors (Lipinski definition) is 6. The van der Waals surface area contributed by atoms with Crippen molar-refractivity contribution in [3.8, 4) is 17.0 Å². The average Bonchev–Trinajstić information content (AvgIpc) is 3.13. The zero-order valence-electron chi connectivity index (χ0n) is 15.6. The molecule has 3 aromatic rings. The molecule has 2 aliphatic rings. The molecule has 2 bridgehead atoms. The van der Waals surface area contributed by atoms with Crippen LogP contribution in [-0.2, 0) is 0 Å². The smallest absolute Gasteiger partial charge is 0.147 e. The van der Waals surface area contributed by atoms with Gasteiger partial charge in [-0.3, -0.25) is 9.97 Å². The highest BCUT2D eigenvalue weighted by atomic mass is 19.1. The van der Waals surface area contributed by atoms with Gasteiger partial charge in [-0.05, 0) is 42.8 Å². The van der Waals surface area contributed by atoms with Gasteiger partial charge in [-0.2, -0.15) is 0 Å². The highest BCUT2D eigenvalue weighted by Crippen LogP contribution is 2.34. The van der Waals surface area contributed by atoms with Gasteiger partial charge in [0.2, 0.25) is 0 Å². The fourth-order valence-corrected chi connectivity index (χ4v) is 4.49. The van der Waals surface area contributed by atoms with E-state index >= 15 is 0 Å². The minimum absolute atomic E-state index is 0.0533. The van der Waals surface area contributed by atoms with E-state index in [0.717, 1.165) is 30.0 Å². The van der Waals surface area contributed by atoms with E-state index in [-0.39, 0.29) is 17.8 Å². The van der Waals surface area contributed by atoms with E-state index in [9.17, 15) is 9.50 Å². The van der Waals surface area contributed by atoms with Crippen LogP contribution in [0.1, 0.15) is 19.3 Å². The second-order valence-electron chi connectivity index (χ2n) is 7.76. The maximum absolute atomic E-state index is 14.8. The minimum atomic E-state index is -0.914. The molecule has 2 N–H and O–H groups in total. The number of aromatic nitrogens is 3. The van der Waals surface area contributed by atoms with Gasteiger partial charge in [0.1, 0.15) is 17.7 Å². The largest absolute Gasteiger partial charge is 0.507 e. The Hall–Kier alpha value is -2.80. The van der Waals surface area contributed by atoms with Crippen LogP contribution in [0.25, 0.3) is 22.0 Å². The van der Waals surface area contributed by atoms with E-state index in [1.807, 2.05) is 24.1 Å². The van der Waals surface area contributed by atoms with Gasteiger partial charge < -0.3 is 15.3 Å². The molecule has 144 valence electrons. The molecule has 6 nitrogen and oxygen atoms in total. The Morgan fingerprint density at radius 3 is 2.86 bits per heavy atom. The number of benzene rings is 1. The summed E-state index contributed by atoms with van der Waals surface area (Å²) in [5, 5.41) is 15.6. The van der Waals surface area contributed by atoms with Crippen molar-refractivity contribution in [2.24, 2.45) is 0 Å². The zero-order valence-corrected chi connectivity index (χ0v) is 15.6. The average molecular weight is 379 g/mol. The van der Waals surface area contributed by atoms with E-state index in [1.165, 1.54) is 0 Å². The van der Waals surface area contributed by atoms with Crippen LogP contribution in [0.2, 0.25) is 0 Å². The summed E-state index contributed by atoms with van der Waals surface area (Å²) in [4.78, 5) is 15.0. The van der Waals surface area contributed by atoms with Gasteiger partial charge >= 0.3 is 0 Å². The van der Waals surface area contributed by atoms with Crippen LogP contribution >= 0.6 is 0 Å². The first kappa shape index (κ1) is 17.3. The summed E-state index contributed by atoms with van der Waals surface area (Å²) in [6, 6.07) is 5.59. The first-order valence-corrected chi connectivity index (χ1v) is 9.62. The topological polar surface area (TPSA) is 74.2 Å². The molecule has 4 heterocycles. The Labute approximate surface area is 162 Å². The highest BCUT2D eigenvalue weighted by Gasteiger charge is 2.43. The van der Waals surface area contributed by atoms with Crippen LogP contribution < -0.4 is 10.2 Å². The van der Waals surface area contributed by atoms with Crippen molar-refractivity contribution in [2.75, 3.05) is 11.9 Å². The van der Waals surface area contributed by atoms with E-state index in [0.29, 0.717) is 23.1 Å². The molecule has 2 fully saturated rings. The highest BCUT2D eigenvalue weighted by molar-refractivity contribution is 5.89. The predicted molar refractivity (Wildman–Crippen MR) is 106 cm³/mol. The van der Waals surface area contributed by atoms with Gasteiger partial charge in [-0.1, -0.05) is 0 Å². The first-order chi connectivity index (χ1) is 13.6. The molecule has 2 saturated heterocycles. The fourth-order valence-electron chi connectivity index (χ4n) is 4.49. The standard InChI is InChI=1S/C21H22FN5O/c1-27(18-8-14-2-3-16(26-14)21(18)22)20-11-24-17(10-25-20)15-6-12-4-5-23-9-13(12)7-19(15)28/h4-7,9-11,14,16,18,21,26,28H,2-3,8H2,1H3/t14-,16+,18-,21+/m0/s1. The van der Waals surface area contributed by atoms with Crippen LogP contribution in [0.15, 0.2) is 43.0 Å². The van der Waals surface area contributed by atoms with Crippen molar-refractivity contribution < 1.29 is 9.50 Å². The summed E-state index contributed by atoms with van der Waals surface area (Å²) >= 11 is 0. The molecule has 0 radical (unpaired) electrons. The summed E-state index contributed by atoms with van der Waals surface area (Å²) in [6.07, 6.45) is 8.52. The maximum Gasteiger partial charge on any atom is 0.147 e. The summed E-state index contributed by atoms with van der Waals surface area (Å²) in [6.45, 7) is 0. The number of hydrogen-bond donors (Lipinski definition) is 2.